The Kier molecular flexibility index (Phi) is 5.09. The monoisotopic (exact) mass is 372 g/mol. The van der Waals surface area contributed by atoms with Crippen molar-refractivity contribution in [2.24, 2.45) is 0 Å². The van der Waals surface area contributed by atoms with Crippen molar-refractivity contribution in [2.75, 3.05) is 19.5 Å². The van der Waals surface area contributed by atoms with Crippen molar-refractivity contribution in [1.29, 1.82) is 0 Å². The SMILES string of the molecule is COc1ccc(NC(=O)c2nc(C)n(-c3cccc(Cl)c3)n2)c(OC)c1. The number of rotatable bonds is 5. The molecule has 1 heterocycles. The third-order valence-electron chi connectivity index (χ3n) is 3.68. The molecule has 0 saturated heterocycles. The number of hydrogen-bond acceptors (Lipinski definition) is 5. The molecule has 134 valence electrons. The largest absolute Gasteiger partial charge is 0.497 e. The lowest BCUT2D eigenvalue weighted by Crippen LogP contribution is -2.15. The summed E-state index contributed by atoms with van der Waals surface area (Å²) in [7, 11) is 3.07. The predicted molar refractivity (Wildman–Crippen MR) is 98.6 cm³/mol. The highest BCUT2D eigenvalue weighted by molar-refractivity contribution is 6.30. The number of amides is 1. The number of methoxy groups -OCH3 is 2. The molecule has 0 aliphatic heterocycles. The molecular weight excluding hydrogens is 356 g/mol. The minimum atomic E-state index is -0.447. The van der Waals surface area contributed by atoms with Crippen LogP contribution in [0.15, 0.2) is 42.5 Å². The molecule has 0 unspecified atom stereocenters. The van der Waals surface area contributed by atoms with Crippen LogP contribution in [0.2, 0.25) is 5.02 Å². The standard InChI is InChI=1S/C18H17ClN4O3/c1-11-20-17(22-23(11)13-6-4-5-12(19)9-13)18(24)21-15-8-7-14(25-2)10-16(15)26-3/h4-10H,1-3H3,(H,21,24). The lowest BCUT2D eigenvalue weighted by atomic mass is 10.2. The molecule has 8 heteroatoms. The second-order valence-electron chi connectivity index (χ2n) is 5.39. The molecule has 0 aliphatic rings. The molecule has 0 radical (unpaired) electrons. The number of nitrogens with one attached hydrogen (secondary N) is 1. The normalized spacial score (nSPS) is 10.5. The Hall–Kier alpha value is -3.06. The zero-order valence-corrected chi connectivity index (χ0v) is 15.2. The summed E-state index contributed by atoms with van der Waals surface area (Å²) in [5.41, 5.74) is 1.22. The number of carbonyl (C=O) groups excluding carboxylic acids is 1. The summed E-state index contributed by atoms with van der Waals surface area (Å²) in [4.78, 5) is 16.8. The van der Waals surface area contributed by atoms with Gasteiger partial charge in [-0.25, -0.2) is 9.67 Å². The van der Waals surface area contributed by atoms with Gasteiger partial charge in [-0.2, -0.15) is 0 Å². The number of hydrogen-bond donors (Lipinski definition) is 1. The van der Waals surface area contributed by atoms with E-state index in [1.807, 2.05) is 6.07 Å². The molecule has 1 amide bonds. The smallest absolute Gasteiger partial charge is 0.295 e. The van der Waals surface area contributed by atoms with Crippen molar-refractivity contribution in [1.82, 2.24) is 14.8 Å². The zero-order chi connectivity index (χ0) is 18.7. The number of benzene rings is 2. The van der Waals surface area contributed by atoms with E-state index >= 15 is 0 Å². The lowest BCUT2D eigenvalue weighted by Gasteiger charge is -2.10. The molecular formula is C18H17ClN4O3. The van der Waals surface area contributed by atoms with E-state index < -0.39 is 5.91 Å². The Morgan fingerprint density at radius 3 is 2.65 bits per heavy atom. The molecule has 1 N–H and O–H groups in total. The molecule has 0 bridgehead atoms. The van der Waals surface area contributed by atoms with Crippen molar-refractivity contribution in [3.8, 4) is 17.2 Å². The first-order valence-electron chi connectivity index (χ1n) is 7.75. The third-order valence-corrected chi connectivity index (χ3v) is 3.92. The second kappa shape index (κ2) is 7.45. The molecule has 26 heavy (non-hydrogen) atoms. The van der Waals surface area contributed by atoms with Crippen molar-refractivity contribution in [3.63, 3.8) is 0 Å². The van der Waals surface area contributed by atoms with E-state index in [0.717, 1.165) is 5.69 Å². The van der Waals surface area contributed by atoms with Gasteiger partial charge in [-0.3, -0.25) is 4.79 Å². The number of halogens is 1. The Bertz CT molecular complexity index is 955. The summed E-state index contributed by atoms with van der Waals surface area (Å²) in [6, 6.07) is 12.2. The van der Waals surface area contributed by atoms with E-state index in [0.29, 0.717) is 28.0 Å². The maximum Gasteiger partial charge on any atom is 0.295 e. The van der Waals surface area contributed by atoms with Crippen LogP contribution in [0.5, 0.6) is 11.5 Å². The van der Waals surface area contributed by atoms with E-state index in [1.54, 1.807) is 55.1 Å². The van der Waals surface area contributed by atoms with Crippen molar-refractivity contribution in [3.05, 3.63) is 59.1 Å². The van der Waals surface area contributed by atoms with Gasteiger partial charge in [0.15, 0.2) is 0 Å². The van der Waals surface area contributed by atoms with E-state index in [1.165, 1.54) is 7.11 Å². The molecule has 0 atom stereocenters. The maximum atomic E-state index is 12.5. The van der Waals surface area contributed by atoms with Gasteiger partial charge in [0.1, 0.15) is 17.3 Å². The highest BCUT2D eigenvalue weighted by Gasteiger charge is 2.17. The first-order valence-corrected chi connectivity index (χ1v) is 8.12. The molecule has 0 aliphatic carbocycles. The van der Waals surface area contributed by atoms with Crippen molar-refractivity contribution < 1.29 is 14.3 Å². The van der Waals surface area contributed by atoms with E-state index in [2.05, 4.69) is 15.4 Å². The highest BCUT2D eigenvalue weighted by Crippen LogP contribution is 2.29. The van der Waals surface area contributed by atoms with Crippen LogP contribution in [0.3, 0.4) is 0 Å². The van der Waals surface area contributed by atoms with Crippen LogP contribution >= 0.6 is 11.6 Å². The quantitative estimate of drug-likeness (QED) is 0.741. The summed E-state index contributed by atoms with van der Waals surface area (Å²) >= 11 is 6.02. The average molecular weight is 373 g/mol. The van der Waals surface area contributed by atoms with Gasteiger partial charge in [0.25, 0.3) is 5.91 Å². The molecule has 0 fully saturated rings. The van der Waals surface area contributed by atoms with Crippen LogP contribution in [0, 0.1) is 6.92 Å². The van der Waals surface area contributed by atoms with Crippen LogP contribution in [-0.4, -0.2) is 34.9 Å². The lowest BCUT2D eigenvalue weighted by molar-refractivity contribution is 0.101. The molecule has 3 rings (SSSR count). The van der Waals surface area contributed by atoms with Gasteiger partial charge in [-0.15, -0.1) is 5.10 Å². The Balaban J connectivity index is 1.86. The van der Waals surface area contributed by atoms with Gasteiger partial charge in [-0.05, 0) is 37.3 Å². The Morgan fingerprint density at radius 1 is 1.15 bits per heavy atom. The first kappa shape index (κ1) is 17.8. The summed E-state index contributed by atoms with van der Waals surface area (Å²) in [6.45, 7) is 1.76. The second-order valence-corrected chi connectivity index (χ2v) is 5.83. The van der Waals surface area contributed by atoms with Crippen molar-refractivity contribution >= 4 is 23.2 Å². The molecule has 3 aromatic rings. The Labute approximate surface area is 155 Å². The molecule has 2 aromatic carbocycles. The number of aryl methyl sites for hydroxylation is 1. The number of nitrogens with zero attached hydrogens (tertiary/aromatic N) is 3. The van der Waals surface area contributed by atoms with Gasteiger partial charge in [0.2, 0.25) is 5.82 Å². The minimum absolute atomic E-state index is 0.0420. The fraction of sp³-hybridized carbons (Fsp3) is 0.167. The first-order chi connectivity index (χ1) is 12.5. The van der Waals surface area contributed by atoms with Gasteiger partial charge in [0.05, 0.1) is 25.6 Å². The highest BCUT2D eigenvalue weighted by atomic mass is 35.5. The van der Waals surface area contributed by atoms with Crippen LogP contribution in [-0.2, 0) is 0 Å². The van der Waals surface area contributed by atoms with Gasteiger partial charge in [-0.1, -0.05) is 17.7 Å². The van der Waals surface area contributed by atoms with Crippen molar-refractivity contribution in [2.45, 2.75) is 6.92 Å². The molecule has 1 aromatic heterocycles. The predicted octanol–water partition coefficient (Wildman–Crippen LogP) is 3.50. The third kappa shape index (κ3) is 3.62. The summed E-state index contributed by atoms with van der Waals surface area (Å²) in [6.07, 6.45) is 0. The summed E-state index contributed by atoms with van der Waals surface area (Å²) < 4.78 is 12.0. The van der Waals surface area contributed by atoms with Gasteiger partial charge < -0.3 is 14.8 Å². The summed E-state index contributed by atoms with van der Waals surface area (Å²) in [5, 5.41) is 7.60. The fourth-order valence-corrected chi connectivity index (χ4v) is 2.60. The topological polar surface area (TPSA) is 78.3 Å². The number of ether oxygens (including phenoxy) is 2. The average Bonchev–Trinajstić information content (AvgIpc) is 3.04. The number of carbonyl (C=O) groups is 1. The van der Waals surface area contributed by atoms with Crippen LogP contribution in [0.4, 0.5) is 5.69 Å². The molecule has 7 nitrogen and oxygen atoms in total. The van der Waals surface area contributed by atoms with Crippen LogP contribution in [0.1, 0.15) is 16.4 Å². The van der Waals surface area contributed by atoms with Gasteiger partial charge in [0, 0.05) is 11.1 Å². The summed E-state index contributed by atoms with van der Waals surface area (Å²) in [5.74, 6) is 1.26. The van der Waals surface area contributed by atoms with E-state index in [-0.39, 0.29) is 5.82 Å². The molecule has 0 saturated carbocycles. The van der Waals surface area contributed by atoms with E-state index in [4.69, 9.17) is 21.1 Å². The van der Waals surface area contributed by atoms with Crippen LogP contribution < -0.4 is 14.8 Å². The zero-order valence-electron chi connectivity index (χ0n) is 14.5. The minimum Gasteiger partial charge on any atom is -0.497 e. The van der Waals surface area contributed by atoms with E-state index in [9.17, 15) is 4.79 Å². The maximum absolute atomic E-state index is 12.5. The van der Waals surface area contributed by atoms with Gasteiger partial charge >= 0.3 is 0 Å². The number of anilines is 1. The van der Waals surface area contributed by atoms with Crippen LogP contribution in [0.25, 0.3) is 5.69 Å². The number of aromatic nitrogens is 3. The molecule has 0 spiro atoms. The fourth-order valence-electron chi connectivity index (χ4n) is 2.42. The Morgan fingerprint density at radius 2 is 1.96 bits per heavy atom.